The molecule has 0 bridgehead atoms. The van der Waals surface area contributed by atoms with Crippen LogP contribution in [0.15, 0.2) is 15.9 Å². The van der Waals surface area contributed by atoms with Crippen molar-refractivity contribution >= 4 is 29.5 Å². The van der Waals surface area contributed by atoms with E-state index in [2.05, 4.69) is 9.98 Å². The van der Waals surface area contributed by atoms with Crippen molar-refractivity contribution in [3.8, 4) is 0 Å². The third kappa shape index (κ3) is 3.57. The van der Waals surface area contributed by atoms with E-state index in [0.717, 1.165) is 17.7 Å². The van der Waals surface area contributed by atoms with Gasteiger partial charge in [-0.15, -0.1) is 11.3 Å². The van der Waals surface area contributed by atoms with E-state index in [9.17, 15) is 4.79 Å². The maximum Gasteiger partial charge on any atom is 0.125 e. The number of carbonyl (C=O) groups excluding carboxylic acids is 1. The van der Waals surface area contributed by atoms with E-state index in [1.807, 2.05) is 5.38 Å². The Labute approximate surface area is 86.2 Å². The maximum absolute atomic E-state index is 10.3. The molecule has 0 atom stereocenters. The highest BCUT2D eigenvalue weighted by atomic mass is 32.1. The highest BCUT2D eigenvalue weighted by Gasteiger charge is 1.97. The highest BCUT2D eigenvalue weighted by Crippen LogP contribution is 2.03. The third-order valence-corrected chi connectivity index (χ3v) is 2.24. The van der Waals surface area contributed by atoms with Crippen molar-refractivity contribution in [2.75, 3.05) is 0 Å². The van der Waals surface area contributed by atoms with Crippen molar-refractivity contribution in [3.05, 3.63) is 16.6 Å². The van der Waals surface area contributed by atoms with Gasteiger partial charge in [-0.05, 0) is 0 Å². The molecule has 1 rings (SSSR count). The van der Waals surface area contributed by atoms with Crippen LogP contribution in [0.4, 0.5) is 0 Å². The van der Waals surface area contributed by atoms with E-state index in [1.54, 1.807) is 5.51 Å². The zero-order valence-corrected chi connectivity index (χ0v) is 8.46. The molecule has 0 saturated carbocycles. The Morgan fingerprint density at radius 1 is 1.64 bits per heavy atom. The Bertz CT molecular complexity index is 307. The summed E-state index contributed by atoms with van der Waals surface area (Å²) in [4.78, 5) is 18.6. The number of nitrogens with one attached hydrogen (secondary N) is 1. The van der Waals surface area contributed by atoms with Gasteiger partial charge in [0.2, 0.25) is 0 Å². The molecule has 74 valence electrons. The van der Waals surface area contributed by atoms with Gasteiger partial charge in [0.25, 0.3) is 0 Å². The lowest BCUT2D eigenvalue weighted by molar-refractivity contribution is -0.106. The average molecular weight is 209 g/mol. The van der Waals surface area contributed by atoms with E-state index in [0.29, 0.717) is 19.4 Å². The van der Waals surface area contributed by atoms with E-state index in [-0.39, 0.29) is 0 Å². The van der Waals surface area contributed by atoms with E-state index < -0.39 is 0 Å². The molecule has 4 nitrogen and oxygen atoms in total. The summed E-state index contributed by atoms with van der Waals surface area (Å²) in [6, 6.07) is 0. The fraction of sp³-hybridized carbons (Fsp3) is 0.333. The zero-order valence-electron chi connectivity index (χ0n) is 7.64. The zero-order chi connectivity index (χ0) is 10.2. The predicted molar refractivity (Wildman–Crippen MR) is 57.3 cm³/mol. The van der Waals surface area contributed by atoms with Crippen LogP contribution in [0.25, 0.3) is 0 Å². The van der Waals surface area contributed by atoms with Crippen LogP contribution >= 0.6 is 11.3 Å². The Morgan fingerprint density at radius 2 is 2.50 bits per heavy atom. The molecule has 0 aliphatic carbocycles. The number of hydrogen-bond acceptors (Lipinski definition) is 5. The molecule has 0 unspecified atom stereocenters. The first-order chi connectivity index (χ1) is 6.86. The van der Waals surface area contributed by atoms with Crippen LogP contribution in [0.5, 0.6) is 0 Å². The Balaban J connectivity index is 2.53. The van der Waals surface area contributed by atoms with Gasteiger partial charge >= 0.3 is 0 Å². The molecule has 14 heavy (non-hydrogen) atoms. The molecule has 0 amide bonds. The minimum Gasteiger partial charge on any atom is -0.313 e. The van der Waals surface area contributed by atoms with Crippen LogP contribution in [-0.4, -0.2) is 23.2 Å². The monoisotopic (exact) mass is 209 g/mol. The van der Waals surface area contributed by atoms with Crippen LogP contribution in [-0.2, 0) is 11.3 Å². The molecule has 0 aromatic carbocycles. The van der Waals surface area contributed by atoms with Gasteiger partial charge in [-0.25, -0.2) is 4.98 Å². The number of nitrogens with zero attached hydrogens (tertiary/aromatic N) is 2. The molecule has 1 heterocycles. The van der Waals surface area contributed by atoms with Gasteiger partial charge < -0.3 is 10.2 Å². The van der Waals surface area contributed by atoms with Crippen LogP contribution in [0.3, 0.4) is 0 Å². The molecular formula is C9H11N3OS. The number of aldehydes is 1. The molecule has 1 aromatic rings. The van der Waals surface area contributed by atoms with Crippen LogP contribution in [0.1, 0.15) is 18.5 Å². The molecule has 0 saturated heterocycles. The van der Waals surface area contributed by atoms with Crippen molar-refractivity contribution in [2.24, 2.45) is 4.99 Å². The summed E-state index contributed by atoms with van der Waals surface area (Å²) >= 11 is 1.52. The van der Waals surface area contributed by atoms with Gasteiger partial charge in [0, 0.05) is 30.1 Å². The van der Waals surface area contributed by atoms with Gasteiger partial charge in [0.1, 0.15) is 6.29 Å². The lowest BCUT2D eigenvalue weighted by Gasteiger charge is -1.97. The molecule has 0 aliphatic heterocycles. The Morgan fingerprint density at radius 3 is 3.07 bits per heavy atom. The van der Waals surface area contributed by atoms with E-state index in [4.69, 9.17) is 5.41 Å². The predicted octanol–water partition coefficient (Wildman–Crippen LogP) is 1.71. The average Bonchev–Trinajstić information content (AvgIpc) is 2.67. The SMILES string of the molecule is N=CCC(CC=O)=NCc1cscn1. The van der Waals surface area contributed by atoms with Crippen molar-refractivity contribution in [1.82, 2.24) is 4.98 Å². The van der Waals surface area contributed by atoms with Crippen LogP contribution < -0.4 is 0 Å². The van der Waals surface area contributed by atoms with Crippen molar-refractivity contribution in [1.29, 1.82) is 5.41 Å². The normalized spacial score (nSPS) is 11.3. The van der Waals surface area contributed by atoms with Gasteiger partial charge in [-0.2, -0.15) is 0 Å². The van der Waals surface area contributed by atoms with Crippen LogP contribution in [0, 0.1) is 5.41 Å². The molecular weight excluding hydrogens is 198 g/mol. The molecule has 0 aliphatic rings. The van der Waals surface area contributed by atoms with Gasteiger partial charge in [0.05, 0.1) is 17.7 Å². The first-order valence-corrected chi connectivity index (χ1v) is 5.13. The number of hydrogen-bond donors (Lipinski definition) is 1. The summed E-state index contributed by atoms with van der Waals surface area (Å²) in [7, 11) is 0. The smallest absolute Gasteiger partial charge is 0.125 e. The summed E-state index contributed by atoms with van der Waals surface area (Å²) in [6.45, 7) is 0.501. The minimum absolute atomic E-state index is 0.305. The number of rotatable bonds is 6. The maximum atomic E-state index is 10.3. The second kappa shape index (κ2) is 6.15. The van der Waals surface area contributed by atoms with Gasteiger partial charge in [-0.1, -0.05) is 0 Å². The molecule has 5 heteroatoms. The summed E-state index contributed by atoms with van der Waals surface area (Å²) < 4.78 is 0. The fourth-order valence-electron chi connectivity index (χ4n) is 0.935. The van der Waals surface area contributed by atoms with Gasteiger partial charge in [0.15, 0.2) is 0 Å². The molecule has 0 fully saturated rings. The Hall–Kier alpha value is -1.36. The number of carbonyl (C=O) groups is 1. The topological polar surface area (TPSA) is 66.2 Å². The number of aromatic nitrogens is 1. The van der Waals surface area contributed by atoms with E-state index >= 15 is 0 Å². The third-order valence-electron chi connectivity index (χ3n) is 1.60. The van der Waals surface area contributed by atoms with Crippen molar-refractivity contribution in [3.63, 3.8) is 0 Å². The summed E-state index contributed by atoms with van der Waals surface area (Å²) in [5.41, 5.74) is 3.40. The second-order valence-corrected chi connectivity index (χ2v) is 3.36. The molecule has 1 N–H and O–H groups in total. The van der Waals surface area contributed by atoms with Gasteiger partial charge in [-0.3, -0.25) is 4.99 Å². The number of aliphatic imine (C=N–C) groups is 1. The molecule has 0 radical (unpaired) electrons. The minimum atomic E-state index is 0.305. The first kappa shape index (κ1) is 10.7. The summed E-state index contributed by atoms with van der Waals surface area (Å²) in [6.07, 6.45) is 2.81. The lowest BCUT2D eigenvalue weighted by atomic mass is 10.2. The first-order valence-electron chi connectivity index (χ1n) is 4.18. The second-order valence-electron chi connectivity index (χ2n) is 2.64. The quantitative estimate of drug-likeness (QED) is 0.572. The lowest BCUT2D eigenvalue weighted by Crippen LogP contribution is -2.00. The van der Waals surface area contributed by atoms with Crippen molar-refractivity contribution < 1.29 is 4.79 Å². The highest BCUT2D eigenvalue weighted by molar-refractivity contribution is 7.07. The fourth-order valence-corrected chi connectivity index (χ4v) is 1.48. The van der Waals surface area contributed by atoms with Crippen molar-refractivity contribution in [2.45, 2.75) is 19.4 Å². The Kier molecular flexibility index (Phi) is 4.71. The largest absolute Gasteiger partial charge is 0.313 e. The number of thiazole rings is 1. The molecule has 1 aromatic heterocycles. The standard InChI is InChI=1S/C9H11N3OS/c10-3-1-8(2-4-13)11-5-9-6-14-7-12-9/h3-4,6-7,10H,1-2,5H2. The summed E-state index contributed by atoms with van der Waals surface area (Å²) in [5, 5.41) is 8.85. The van der Waals surface area contributed by atoms with Crippen LogP contribution in [0.2, 0.25) is 0 Å². The molecule has 0 spiro atoms. The summed E-state index contributed by atoms with van der Waals surface area (Å²) in [5.74, 6) is 0. The van der Waals surface area contributed by atoms with E-state index in [1.165, 1.54) is 17.6 Å².